The fourth-order valence-electron chi connectivity index (χ4n) is 0.689. The number of nitrogens with two attached hydrogens (primary N) is 1. The maximum atomic E-state index is 11.2. The number of alkyl carbamates (subject to hydrolysis) is 1. The third-order valence-corrected chi connectivity index (χ3v) is 1.17. The molecule has 0 heterocycles. The first kappa shape index (κ1) is 13.3. The number of amides is 1. The van der Waals surface area contributed by atoms with Crippen molar-refractivity contribution < 1.29 is 9.53 Å². The van der Waals surface area contributed by atoms with Crippen molar-refractivity contribution >= 4 is 12.1 Å². The zero-order valence-corrected chi connectivity index (χ0v) is 9.33. The van der Waals surface area contributed by atoms with Crippen LogP contribution in [0.2, 0.25) is 0 Å². The summed E-state index contributed by atoms with van der Waals surface area (Å²) in [6.45, 7) is 5.67. The minimum atomic E-state index is -0.621. The van der Waals surface area contributed by atoms with Gasteiger partial charge in [-0.1, -0.05) is 0 Å². The van der Waals surface area contributed by atoms with Crippen molar-refractivity contribution in [3.8, 4) is 12.3 Å². The molecule has 5 heteroatoms. The van der Waals surface area contributed by atoms with Crippen molar-refractivity contribution in [1.82, 2.24) is 5.32 Å². The molecule has 0 spiro atoms. The molecule has 0 saturated carbocycles. The Bertz CT molecular complexity index is 284. The van der Waals surface area contributed by atoms with Gasteiger partial charge >= 0.3 is 6.09 Å². The second kappa shape index (κ2) is 5.91. The molecule has 0 aromatic carbocycles. The molecule has 0 aliphatic carbocycles. The fraction of sp³-hybridized carbons (Fsp3) is 0.600. The molecule has 0 saturated heterocycles. The lowest BCUT2D eigenvalue weighted by molar-refractivity contribution is 0.0562. The summed E-state index contributed by atoms with van der Waals surface area (Å²) in [7, 11) is 0. The Morgan fingerprint density at radius 1 is 1.60 bits per heavy atom. The van der Waals surface area contributed by atoms with E-state index in [2.05, 4.69) is 16.2 Å². The third-order valence-electron chi connectivity index (χ3n) is 1.17. The van der Waals surface area contributed by atoms with Gasteiger partial charge in [0.05, 0.1) is 6.54 Å². The van der Waals surface area contributed by atoms with Crippen molar-refractivity contribution in [2.24, 2.45) is 10.7 Å². The number of nitrogens with zero attached hydrogens (tertiary/aromatic N) is 1. The fourth-order valence-corrected chi connectivity index (χ4v) is 0.689. The number of rotatable bonds is 2. The van der Waals surface area contributed by atoms with E-state index in [4.69, 9.17) is 16.9 Å². The second-order valence-electron chi connectivity index (χ2n) is 3.85. The predicted molar refractivity (Wildman–Crippen MR) is 59.3 cm³/mol. The smallest absolute Gasteiger partial charge is 0.414 e. The summed E-state index contributed by atoms with van der Waals surface area (Å²) < 4.78 is 4.96. The molecule has 84 valence electrons. The minimum absolute atomic E-state index is 0.0134. The molecule has 0 unspecified atom stereocenters. The van der Waals surface area contributed by atoms with Crippen LogP contribution in [0.5, 0.6) is 0 Å². The van der Waals surface area contributed by atoms with Gasteiger partial charge in [0.25, 0.3) is 0 Å². The van der Waals surface area contributed by atoms with Crippen LogP contribution in [-0.2, 0) is 4.74 Å². The highest BCUT2D eigenvalue weighted by atomic mass is 16.6. The summed E-state index contributed by atoms with van der Waals surface area (Å²) >= 11 is 0. The van der Waals surface area contributed by atoms with Gasteiger partial charge < -0.3 is 10.5 Å². The van der Waals surface area contributed by atoms with Crippen molar-refractivity contribution in [2.45, 2.75) is 32.8 Å². The number of carbonyl (C=O) groups is 1. The molecule has 0 aliphatic heterocycles. The van der Waals surface area contributed by atoms with Crippen LogP contribution < -0.4 is 11.1 Å². The van der Waals surface area contributed by atoms with Gasteiger partial charge in [0.2, 0.25) is 0 Å². The number of nitrogens with one attached hydrogen (secondary N) is 1. The van der Waals surface area contributed by atoms with Crippen molar-refractivity contribution in [3.63, 3.8) is 0 Å². The van der Waals surface area contributed by atoms with Crippen molar-refractivity contribution in [3.05, 3.63) is 0 Å². The van der Waals surface area contributed by atoms with Gasteiger partial charge in [-0.05, 0) is 20.8 Å². The van der Waals surface area contributed by atoms with Crippen molar-refractivity contribution in [1.29, 1.82) is 0 Å². The van der Waals surface area contributed by atoms with E-state index in [1.165, 1.54) is 0 Å². The molecule has 0 atom stereocenters. The Hall–Kier alpha value is -1.70. The third kappa shape index (κ3) is 8.63. The lowest BCUT2D eigenvalue weighted by atomic mass is 10.2. The van der Waals surface area contributed by atoms with E-state index >= 15 is 0 Å². The van der Waals surface area contributed by atoms with E-state index in [1.807, 2.05) is 0 Å². The molecule has 0 aromatic heterocycles. The zero-order chi connectivity index (χ0) is 11.9. The minimum Gasteiger partial charge on any atom is -0.444 e. The Morgan fingerprint density at radius 3 is 2.67 bits per heavy atom. The Labute approximate surface area is 90.1 Å². The Morgan fingerprint density at radius 2 is 2.20 bits per heavy atom. The average Bonchev–Trinajstić information content (AvgIpc) is 2.00. The number of guanidine groups is 1. The standard InChI is InChI=1S/C10H17N3O2/c1-5-6-7-12-8(11)13-9(14)15-10(2,3)4/h1H,6-7H2,2-4H3,(H3,11,12,13,14). The topological polar surface area (TPSA) is 76.7 Å². The van der Waals surface area contributed by atoms with E-state index in [9.17, 15) is 4.79 Å². The van der Waals surface area contributed by atoms with Crippen LogP contribution in [0, 0.1) is 12.3 Å². The molecule has 0 bridgehead atoms. The van der Waals surface area contributed by atoms with Gasteiger partial charge in [0.1, 0.15) is 5.60 Å². The lowest BCUT2D eigenvalue weighted by Crippen LogP contribution is -2.40. The first-order chi connectivity index (χ1) is 6.85. The highest BCUT2D eigenvalue weighted by Gasteiger charge is 2.16. The maximum absolute atomic E-state index is 11.2. The number of ether oxygens (including phenoxy) is 1. The van der Waals surface area contributed by atoms with Crippen LogP contribution in [-0.4, -0.2) is 24.2 Å². The van der Waals surface area contributed by atoms with Crippen LogP contribution in [0.4, 0.5) is 4.79 Å². The maximum Gasteiger partial charge on any atom is 0.414 e. The highest BCUT2D eigenvalue weighted by molar-refractivity contribution is 5.92. The summed E-state index contributed by atoms with van der Waals surface area (Å²) in [5, 5.41) is 2.29. The number of carbonyl (C=O) groups excluding carboxylic acids is 1. The van der Waals surface area contributed by atoms with E-state index in [0.717, 1.165) is 0 Å². The number of hydrogen-bond donors (Lipinski definition) is 2. The lowest BCUT2D eigenvalue weighted by Gasteiger charge is -2.19. The zero-order valence-electron chi connectivity index (χ0n) is 9.33. The molecule has 0 radical (unpaired) electrons. The van der Waals surface area contributed by atoms with Gasteiger partial charge in [0.15, 0.2) is 5.96 Å². The van der Waals surface area contributed by atoms with Crippen LogP contribution in [0.1, 0.15) is 27.2 Å². The number of aliphatic imine (C=N–C) groups is 1. The summed E-state index contributed by atoms with van der Waals surface area (Å²) in [6, 6.07) is 0. The molecule has 0 aromatic rings. The Kier molecular flexibility index (Phi) is 5.24. The van der Waals surface area contributed by atoms with E-state index in [-0.39, 0.29) is 5.96 Å². The first-order valence-corrected chi connectivity index (χ1v) is 4.58. The van der Waals surface area contributed by atoms with Gasteiger partial charge in [-0.15, -0.1) is 12.3 Å². The first-order valence-electron chi connectivity index (χ1n) is 4.58. The molecule has 0 rings (SSSR count). The second-order valence-corrected chi connectivity index (χ2v) is 3.85. The summed E-state index contributed by atoms with van der Waals surface area (Å²) in [5.41, 5.74) is 4.85. The average molecular weight is 211 g/mol. The highest BCUT2D eigenvalue weighted by Crippen LogP contribution is 2.05. The van der Waals surface area contributed by atoms with Crippen LogP contribution >= 0.6 is 0 Å². The summed E-state index contributed by atoms with van der Waals surface area (Å²) in [6.07, 6.45) is 4.89. The van der Waals surface area contributed by atoms with Gasteiger partial charge in [-0.25, -0.2) is 4.79 Å². The summed E-state index contributed by atoms with van der Waals surface area (Å²) in [4.78, 5) is 15.0. The molecule has 0 fully saturated rings. The molecule has 0 aliphatic rings. The predicted octanol–water partition coefficient (Wildman–Crippen LogP) is 0.849. The normalized spacial score (nSPS) is 11.7. The molecule has 1 amide bonds. The molecular formula is C10H17N3O2. The molecule has 15 heavy (non-hydrogen) atoms. The van der Waals surface area contributed by atoms with Gasteiger partial charge in [-0.2, -0.15) is 0 Å². The number of hydrogen-bond acceptors (Lipinski definition) is 3. The SMILES string of the molecule is C#CCCN=C(N)NC(=O)OC(C)(C)C. The van der Waals surface area contributed by atoms with Crippen LogP contribution in [0.25, 0.3) is 0 Å². The monoisotopic (exact) mass is 211 g/mol. The molecule has 3 N–H and O–H groups in total. The van der Waals surface area contributed by atoms with Crippen LogP contribution in [0.3, 0.4) is 0 Å². The number of terminal acetylenes is 1. The van der Waals surface area contributed by atoms with E-state index in [1.54, 1.807) is 20.8 Å². The largest absolute Gasteiger partial charge is 0.444 e. The molecule has 5 nitrogen and oxygen atoms in total. The van der Waals surface area contributed by atoms with Gasteiger partial charge in [0, 0.05) is 6.42 Å². The van der Waals surface area contributed by atoms with Crippen molar-refractivity contribution in [2.75, 3.05) is 6.54 Å². The van der Waals surface area contributed by atoms with E-state index < -0.39 is 11.7 Å². The van der Waals surface area contributed by atoms with E-state index in [0.29, 0.717) is 13.0 Å². The summed E-state index contributed by atoms with van der Waals surface area (Å²) in [5.74, 6) is 2.42. The van der Waals surface area contributed by atoms with Crippen LogP contribution in [0.15, 0.2) is 4.99 Å². The Balaban J connectivity index is 3.97. The molecular weight excluding hydrogens is 194 g/mol. The van der Waals surface area contributed by atoms with Gasteiger partial charge in [-0.3, -0.25) is 10.3 Å². The quantitative estimate of drug-likeness (QED) is 0.307.